The minimum Gasteiger partial charge on any atom is -0.364 e. The lowest BCUT2D eigenvalue weighted by molar-refractivity contribution is 0.202. The maximum Gasteiger partial charge on any atom is 0.118 e. The van der Waals surface area contributed by atoms with Gasteiger partial charge < -0.3 is 9.64 Å². The Morgan fingerprint density at radius 1 is 1.33 bits per heavy atom. The van der Waals surface area contributed by atoms with Gasteiger partial charge in [0.1, 0.15) is 6.73 Å². The molecule has 0 aromatic heterocycles. The van der Waals surface area contributed by atoms with Crippen molar-refractivity contribution in [2.45, 2.75) is 6.92 Å². The second-order valence-electron chi connectivity index (χ2n) is 2.90. The molecule has 0 saturated heterocycles. The summed E-state index contributed by atoms with van der Waals surface area (Å²) in [6.07, 6.45) is 0. The molecule has 0 aliphatic rings. The smallest absolute Gasteiger partial charge is 0.118 e. The monoisotopic (exact) mass is 165 g/mol. The maximum absolute atomic E-state index is 5.04. The van der Waals surface area contributed by atoms with Crippen molar-refractivity contribution >= 4 is 5.69 Å². The molecule has 0 spiro atoms. The maximum atomic E-state index is 5.04. The molecular weight excluding hydrogens is 150 g/mol. The number of ether oxygens (including phenoxy) is 1. The predicted octanol–water partition coefficient (Wildman–Crippen LogP) is 2.04. The zero-order valence-electron chi connectivity index (χ0n) is 7.87. The van der Waals surface area contributed by atoms with E-state index in [4.69, 9.17) is 4.74 Å². The number of methoxy groups -OCH3 is 1. The Balaban J connectivity index is 2.79. The fraction of sp³-hybridized carbons (Fsp3) is 0.400. The van der Waals surface area contributed by atoms with E-state index in [0.717, 1.165) is 0 Å². The van der Waals surface area contributed by atoms with Gasteiger partial charge in [-0.2, -0.15) is 0 Å². The van der Waals surface area contributed by atoms with Crippen LogP contribution in [0.5, 0.6) is 0 Å². The van der Waals surface area contributed by atoms with Gasteiger partial charge in [0.2, 0.25) is 0 Å². The summed E-state index contributed by atoms with van der Waals surface area (Å²) in [5, 5.41) is 0. The number of aryl methyl sites for hydroxylation is 1. The molecule has 2 nitrogen and oxygen atoms in total. The SMILES string of the molecule is COCN(C)c1ccccc1C. The van der Waals surface area contributed by atoms with Crippen LogP contribution in [0.3, 0.4) is 0 Å². The molecule has 2 heteroatoms. The number of nitrogens with zero attached hydrogens (tertiary/aromatic N) is 1. The average molecular weight is 165 g/mol. The molecule has 0 heterocycles. The Hall–Kier alpha value is -1.02. The number of benzene rings is 1. The van der Waals surface area contributed by atoms with E-state index in [0.29, 0.717) is 6.73 Å². The molecule has 0 atom stereocenters. The summed E-state index contributed by atoms with van der Waals surface area (Å²) in [4.78, 5) is 2.08. The molecular formula is C10H15NO. The van der Waals surface area contributed by atoms with Crippen molar-refractivity contribution in [3.05, 3.63) is 29.8 Å². The molecule has 0 N–H and O–H groups in total. The molecule has 0 fully saturated rings. The zero-order chi connectivity index (χ0) is 8.97. The van der Waals surface area contributed by atoms with Gasteiger partial charge in [-0.15, -0.1) is 0 Å². The van der Waals surface area contributed by atoms with Gasteiger partial charge in [-0.05, 0) is 18.6 Å². The quantitative estimate of drug-likeness (QED) is 0.635. The molecule has 0 unspecified atom stereocenters. The fourth-order valence-corrected chi connectivity index (χ4v) is 1.25. The molecule has 1 aromatic rings. The fourth-order valence-electron chi connectivity index (χ4n) is 1.25. The van der Waals surface area contributed by atoms with Crippen LogP contribution >= 0.6 is 0 Å². The largest absolute Gasteiger partial charge is 0.364 e. The topological polar surface area (TPSA) is 12.5 Å². The van der Waals surface area contributed by atoms with E-state index in [1.54, 1.807) is 7.11 Å². The molecule has 0 radical (unpaired) electrons. The highest BCUT2D eigenvalue weighted by Gasteiger charge is 2.01. The summed E-state index contributed by atoms with van der Waals surface area (Å²) in [6, 6.07) is 8.27. The summed E-state index contributed by atoms with van der Waals surface area (Å²) < 4.78 is 5.04. The van der Waals surface area contributed by atoms with E-state index in [2.05, 4.69) is 24.0 Å². The van der Waals surface area contributed by atoms with Crippen molar-refractivity contribution in [3.8, 4) is 0 Å². The molecule has 1 aromatic carbocycles. The minimum atomic E-state index is 0.630. The number of para-hydroxylation sites is 1. The van der Waals surface area contributed by atoms with E-state index in [1.165, 1.54) is 11.3 Å². The molecule has 0 bridgehead atoms. The predicted molar refractivity (Wildman–Crippen MR) is 51.5 cm³/mol. The molecule has 0 aliphatic heterocycles. The van der Waals surface area contributed by atoms with Gasteiger partial charge in [-0.3, -0.25) is 0 Å². The highest BCUT2D eigenvalue weighted by molar-refractivity contribution is 5.51. The van der Waals surface area contributed by atoms with Crippen LogP contribution in [0.4, 0.5) is 5.69 Å². The van der Waals surface area contributed by atoms with Crippen LogP contribution < -0.4 is 4.90 Å². The van der Waals surface area contributed by atoms with Gasteiger partial charge in [-0.25, -0.2) is 0 Å². The highest BCUT2D eigenvalue weighted by Crippen LogP contribution is 2.16. The second-order valence-corrected chi connectivity index (χ2v) is 2.90. The van der Waals surface area contributed by atoms with Crippen molar-refractivity contribution in [1.29, 1.82) is 0 Å². The van der Waals surface area contributed by atoms with Gasteiger partial charge in [-0.1, -0.05) is 18.2 Å². The lowest BCUT2D eigenvalue weighted by atomic mass is 10.2. The Bertz CT molecular complexity index is 247. The van der Waals surface area contributed by atoms with Crippen LogP contribution in [0, 0.1) is 6.92 Å². The third-order valence-electron chi connectivity index (χ3n) is 1.85. The lowest BCUT2D eigenvalue weighted by Gasteiger charge is -2.19. The van der Waals surface area contributed by atoms with Crippen LogP contribution in [0.25, 0.3) is 0 Å². The Morgan fingerprint density at radius 3 is 2.58 bits per heavy atom. The van der Waals surface area contributed by atoms with Gasteiger partial charge in [0.15, 0.2) is 0 Å². The molecule has 1 rings (SSSR count). The molecule has 66 valence electrons. The van der Waals surface area contributed by atoms with Gasteiger partial charge in [0.25, 0.3) is 0 Å². The Labute approximate surface area is 73.8 Å². The van der Waals surface area contributed by atoms with E-state index in [9.17, 15) is 0 Å². The van der Waals surface area contributed by atoms with E-state index >= 15 is 0 Å². The third kappa shape index (κ3) is 1.98. The minimum absolute atomic E-state index is 0.630. The van der Waals surface area contributed by atoms with Crippen molar-refractivity contribution in [2.24, 2.45) is 0 Å². The molecule has 12 heavy (non-hydrogen) atoms. The molecule has 0 amide bonds. The van der Waals surface area contributed by atoms with Crippen molar-refractivity contribution in [3.63, 3.8) is 0 Å². The van der Waals surface area contributed by atoms with Crippen LogP contribution in [0.15, 0.2) is 24.3 Å². The van der Waals surface area contributed by atoms with E-state index < -0.39 is 0 Å². The second kappa shape index (κ2) is 4.12. The summed E-state index contributed by atoms with van der Waals surface area (Å²) >= 11 is 0. The zero-order valence-corrected chi connectivity index (χ0v) is 7.87. The first-order chi connectivity index (χ1) is 5.75. The van der Waals surface area contributed by atoms with E-state index in [1.807, 2.05) is 19.2 Å². The first-order valence-corrected chi connectivity index (χ1v) is 4.01. The standard InChI is InChI=1S/C10H15NO/c1-9-6-4-5-7-10(9)11(2)8-12-3/h4-7H,8H2,1-3H3. The van der Waals surface area contributed by atoms with Gasteiger partial charge >= 0.3 is 0 Å². The normalized spacial score (nSPS) is 9.92. The van der Waals surface area contributed by atoms with Crippen molar-refractivity contribution in [1.82, 2.24) is 0 Å². The van der Waals surface area contributed by atoms with Gasteiger partial charge in [0, 0.05) is 19.8 Å². The molecule has 0 aliphatic carbocycles. The van der Waals surface area contributed by atoms with E-state index in [-0.39, 0.29) is 0 Å². The third-order valence-corrected chi connectivity index (χ3v) is 1.85. The van der Waals surface area contributed by atoms with Crippen molar-refractivity contribution in [2.75, 3.05) is 25.8 Å². The molecule has 0 saturated carbocycles. The Kier molecular flexibility index (Phi) is 3.11. The number of rotatable bonds is 3. The van der Waals surface area contributed by atoms with Crippen LogP contribution in [-0.4, -0.2) is 20.9 Å². The number of hydrogen-bond acceptors (Lipinski definition) is 2. The summed E-state index contributed by atoms with van der Waals surface area (Å²) in [5.41, 5.74) is 2.50. The van der Waals surface area contributed by atoms with Crippen LogP contribution in [0.2, 0.25) is 0 Å². The highest BCUT2D eigenvalue weighted by atomic mass is 16.5. The Morgan fingerprint density at radius 2 is 2.00 bits per heavy atom. The summed E-state index contributed by atoms with van der Waals surface area (Å²) in [6.45, 7) is 2.73. The number of hydrogen-bond donors (Lipinski definition) is 0. The van der Waals surface area contributed by atoms with Crippen LogP contribution in [-0.2, 0) is 4.74 Å². The van der Waals surface area contributed by atoms with Crippen LogP contribution in [0.1, 0.15) is 5.56 Å². The van der Waals surface area contributed by atoms with Gasteiger partial charge in [0.05, 0.1) is 0 Å². The summed E-state index contributed by atoms with van der Waals surface area (Å²) in [5.74, 6) is 0. The number of anilines is 1. The summed E-state index contributed by atoms with van der Waals surface area (Å²) in [7, 11) is 3.72. The first-order valence-electron chi connectivity index (χ1n) is 4.01. The average Bonchev–Trinajstić information content (AvgIpc) is 2.05. The van der Waals surface area contributed by atoms with Crippen molar-refractivity contribution < 1.29 is 4.74 Å². The first kappa shape index (κ1) is 9.07. The lowest BCUT2D eigenvalue weighted by Crippen LogP contribution is -2.20.